The van der Waals surface area contributed by atoms with E-state index < -0.39 is 0 Å². The van der Waals surface area contributed by atoms with E-state index in [0.29, 0.717) is 36.7 Å². The van der Waals surface area contributed by atoms with Crippen molar-refractivity contribution >= 4 is 17.6 Å². The molecule has 3 aromatic rings. The number of halogens is 1. The van der Waals surface area contributed by atoms with Gasteiger partial charge in [-0.15, -0.1) is 0 Å². The van der Waals surface area contributed by atoms with Crippen molar-refractivity contribution in [3.8, 4) is 0 Å². The molecule has 0 saturated carbocycles. The van der Waals surface area contributed by atoms with E-state index in [1.54, 1.807) is 46.2 Å². The lowest BCUT2D eigenvalue weighted by molar-refractivity contribution is -0.133. The smallest absolute Gasteiger partial charge is 0.244 e. The standard InChI is InChI=1S/C24H25FN6O2/c1-16-18-14-21(32)31(13-9-17-6-2-3-7-19(17)25)24(18)28-23(27-16)20-8-4-12-30(20)22(33)15-29-11-5-10-26-29/h2-3,5-7,10-11,20H,4,8-9,12-15H2,1H3. The highest BCUT2D eigenvalue weighted by Crippen LogP contribution is 2.35. The number of nitrogens with zero attached hydrogens (tertiary/aromatic N) is 6. The van der Waals surface area contributed by atoms with Crippen LogP contribution in [0.3, 0.4) is 0 Å². The van der Waals surface area contributed by atoms with Gasteiger partial charge in [0, 0.05) is 36.7 Å². The number of hydrogen-bond acceptors (Lipinski definition) is 5. The average molecular weight is 449 g/mol. The highest BCUT2D eigenvalue weighted by atomic mass is 19.1. The number of carbonyl (C=O) groups excluding carboxylic acids is 2. The highest BCUT2D eigenvalue weighted by molar-refractivity contribution is 6.00. The Hall–Kier alpha value is -3.62. The molecule has 2 aliphatic rings. The first-order valence-electron chi connectivity index (χ1n) is 11.2. The summed E-state index contributed by atoms with van der Waals surface area (Å²) >= 11 is 0. The van der Waals surface area contributed by atoms with E-state index in [1.807, 2.05) is 11.8 Å². The van der Waals surface area contributed by atoms with Gasteiger partial charge < -0.3 is 4.90 Å². The summed E-state index contributed by atoms with van der Waals surface area (Å²) in [5.41, 5.74) is 2.13. The van der Waals surface area contributed by atoms with Gasteiger partial charge in [-0.25, -0.2) is 14.4 Å². The molecule has 5 rings (SSSR count). The first-order chi connectivity index (χ1) is 16.0. The van der Waals surface area contributed by atoms with Crippen LogP contribution in [-0.2, 0) is 29.0 Å². The molecule has 0 spiro atoms. The molecule has 2 aromatic heterocycles. The Kier molecular flexibility index (Phi) is 5.62. The average Bonchev–Trinajstić information content (AvgIpc) is 3.54. The van der Waals surface area contributed by atoms with E-state index in [1.165, 1.54) is 6.07 Å². The van der Waals surface area contributed by atoms with E-state index >= 15 is 0 Å². The molecule has 0 aliphatic carbocycles. The first kappa shape index (κ1) is 21.2. The Balaban J connectivity index is 1.39. The maximum absolute atomic E-state index is 14.1. The summed E-state index contributed by atoms with van der Waals surface area (Å²) in [4.78, 5) is 38.6. The summed E-state index contributed by atoms with van der Waals surface area (Å²) in [6, 6.07) is 8.15. The van der Waals surface area contributed by atoms with E-state index in [0.717, 1.165) is 24.1 Å². The summed E-state index contributed by atoms with van der Waals surface area (Å²) < 4.78 is 15.7. The molecule has 1 unspecified atom stereocenters. The zero-order chi connectivity index (χ0) is 22.9. The van der Waals surface area contributed by atoms with Crippen LogP contribution in [0.4, 0.5) is 10.2 Å². The Morgan fingerprint density at radius 1 is 1.21 bits per heavy atom. The fraction of sp³-hybridized carbons (Fsp3) is 0.375. The predicted molar refractivity (Wildman–Crippen MR) is 119 cm³/mol. The maximum Gasteiger partial charge on any atom is 0.244 e. The van der Waals surface area contributed by atoms with Gasteiger partial charge in [-0.05, 0) is 43.9 Å². The number of carbonyl (C=O) groups is 2. The lowest BCUT2D eigenvalue weighted by Crippen LogP contribution is -2.35. The molecule has 1 aromatic carbocycles. The van der Waals surface area contributed by atoms with Crippen molar-refractivity contribution in [2.45, 2.75) is 45.2 Å². The molecular formula is C24H25FN6O2. The monoisotopic (exact) mass is 448 g/mol. The normalized spacial score (nSPS) is 17.6. The topological polar surface area (TPSA) is 84.2 Å². The molecule has 2 aliphatic heterocycles. The lowest BCUT2D eigenvalue weighted by Gasteiger charge is -2.25. The third-order valence-electron chi connectivity index (χ3n) is 6.38. The summed E-state index contributed by atoms with van der Waals surface area (Å²) in [5, 5.41) is 4.12. The van der Waals surface area contributed by atoms with Gasteiger partial charge in [-0.1, -0.05) is 18.2 Å². The van der Waals surface area contributed by atoms with Crippen LogP contribution in [0.25, 0.3) is 0 Å². The third-order valence-corrected chi connectivity index (χ3v) is 6.38. The summed E-state index contributed by atoms with van der Waals surface area (Å²) in [7, 11) is 0. The van der Waals surface area contributed by atoms with E-state index in [2.05, 4.69) is 5.10 Å². The molecule has 0 radical (unpaired) electrons. The van der Waals surface area contributed by atoms with Gasteiger partial charge in [0.1, 0.15) is 18.2 Å². The van der Waals surface area contributed by atoms with Crippen LogP contribution in [0.5, 0.6) is 0 Å². The second kappa shape index (κ2) is 8.73. The highest BCUT2D eigenvalue weighted by Gasteiger charge is 2.36. The Morgan fingerprint density at radius 2 is 2.06 bits per heavy atom. The molecule has 170 valence electrons. The maximum atomic E-state index is 14.1. The number of rotatable bonds is 6. The summed E-state index contributed by atoms with van der Waals surface area (Å²) in [5.74, 6) is 0.777. The van der Waals surface area contributed by atoms with Gasteiger partial charge in [0.15, 0.2) is 5.82 Å². The molecule has 1 fully saturated rings. The molecule has 0 bridgehead atoms. The minimum Gasteiger partial charge on any atom is -0.331 e. The molecular weight excluding hydrogens is 423 g/mol. The molecule has 9 heteroatoms. The predicted octanol–water partition coefficient (Wildman–Crippen LogP) is 2.62. The van der Waals surface area contributed by atoms with Crippen LogP contribution in [-0.4, -0.2) is 49.6 Å². The van der Waals surface area contributed by atoms with Gasteiger partial charge in [0.05, 0.1) is 12.5 Å². The SMILES string of the molecule is Cc1nc(C2CCCN2C(=O)Cn2cccn2)nc2c1CC(=O)N2CCc1ccccc1F. The number of likely N-dealkylation sites (tertiary alicyclic amines) is 1. The lowest BCUT2D eigenvalue weighted by atomic mass is 10.1. The largest absolute Gasteiger partial charge is 0.331 e. The molecule has 4 heterocycles. The summed E-state index contributed by atoms with van der Waals surface area (Å²) in [6.45, 7) is 3.03. The number of fused-ring (bicyclic) bond motifs is 1. The van der Waals surface area contributed by atoms with Crippen molar-refractivity contribution in [1.82, 2.24) is 24.6 Å². The van der Waals surface area contributed by atoms with Crippen molar-refractivity contribution in [3.05, 3.63) is 71.2 Å². The van der Waals surface area contributed by atoms with E-state index in [-0.39, 0.29) is 36.6 Å². The Bertz CT molecular complexity index is 1200. The van der Waals surface area contributed by atoms with Crippen LogP contribution in [0, 0.1) is 12.7 Å². The number of aromatic nitrogens is 4. The number of aryl methyl sites for hydroxylation is 1. The summed E-state index contributed by atoms with van der Waals surface area (Å²) in [6.07, 6.45) is 5.68. The van der Waals surface area contributed by atoms with Crippen LogP contribution in [0.2, 0.25) is 0 Å². The fourth-order valence-corrected chi connectivity index (χ4v) is 4.67. The van der Waals surface area contributed by atoms with Crippen molar-refractivity contribution in [3.63, 3.8) is 0 Å². The zero-order valence-corrected chi connectivity index (χ0v) is 18.4. The van der Waals surface area contributed by atoms with Gasteiger partial charge in [0.25, 0.3) is 0 Å². The van der Waals surface area contributed by atoms with Crippen LogP contribution < -0.4 is 4.90 Å². The van der Waals surface area contributed by atoms with Crippen LogP contribution >= 0.6 is 0 Å². The van der Waals surface area contributed by atoms with Gasteiger partial charge >= 0.3 is 0 Å². The Morgan fingerprint density at radius 3 is 2.85 bits per heavy atom. The molecule has 2 amide bonds. The molecule has 33 heavy (non-hydrogen) atoms. The molecule has 0 N–H and O–H groups in total. The molecule has 8 nitrogen and oxygen atoms in total. The molecule has 1 saturated heterocycles. The second-order valence-corrected chi connectivity index (χ2v) is 8.48. The van der Waals surface area contributed by atoms with Crippen LogP contribution in [0.1, 0.15) is 41.5 Å². The first-order valence-corrected chi connectivity index (χ1v) is 11.2. The fourth-order valence-electron chi connectivity index (χ4n) is 4.67. The third kappa shape index (κ3) is 4.10. The molecule has 1 atom stereocenters. The Labute approximate surface area is 191 Å². The quantitative estimate of drug-likeness (QED) is 0.579. The number of anilines is 1. The van der Waals surface area contributed by atoms with Gasteiger partial charge in [-0.3, -0.25) is 19.2 Å². The van der Waals surface area contributed by atoms with Crippen molar-refractivity contribution < 1.29 is 14.0 Å². The van der Waals surface area contributed by atoms with E-state index in [4.69, 9.17) is 9.97 Å². The minimum absolute atomic E-state index is 0.0320. The second-order valence-electron chi connectivity index (χ2n) is 8.48. The number of amides is 2. The minimum atomic E-state index is -0.277. The van der Waals surface area contributed by atoms with Crippen molar-refractivity contribution in [1.29, 1.82) is 0 Å². The zero-order valence-electron chi connectivity index (χ0n) is 18.4. The number of hydrogen-bond donors (Lipinski definition) is 0. The van der Waals surface area contributed by atoms with Crippen molar-refractivity contribution in [2.24, 2.45) is 0 Å². The van der Waals surface area contributed by atoms with E-state index in [9.17, 15) is 14.0 Å². The van der Waals surface area contributed by atoms with Gasteiger partial charge in [0.2, 0.25) is 11.8 Å². The van der Waals surface area contributed by atoms with Crippen molar-refractivity contribution in [2.75, 3.05) is 18.0 Å². The number of benzene rings is 1. The van der Waals surface area contributed by atoms with Gasteiger partial charge in [-0.2, -0.15) is 5.10 Å². The van der Waals surface area contributed by atoms with Crippen LogP contribution in [0.15, 0.2) is 42.7 Å².